The van der Waals surface area contributed by atoms with E-state index in [1.54, 1.807) is 0 Å². The van der Waals surface area contributed by atoms with Crippen molar-refractivity contribution < 1.29 is 23.1 Å². The molecule has 24 heavy (non-hydrogen) atoms. The Morgan fingerprint density at radius 1 is 1.17 bits per heavy atom. The molecule has 3 atom stereocenters. The number of benzene rings is 1. The smallest absolute Gasteiger partial charge is 0.392 e. The summed E-state index contributed by atoms with van der Waals surface area (Å²) in [5, 5.41) is 12.6. The third-order valence-corrected chi connectivity index (χ3v) is 4.93. The van der Waals surface area contributed by atoms with E-state index in [0.717, 1.165) is 44.4 Å². The van der Waals surface area contributed by atoms with Gasteiger partial charge >= 0.3 is 6.18 Å². The number of carbonyl (C=O) groups is 1. The number of aliphatic hydroxyl groups is 1. The van der Waals surface area contributed by atoms with Gasteiger partial charge in [0, 0.05) is 30.7 Å². The van der Waals surface area contributed by atoms with Gasteiger partial charge < -0.3 is 10.4 Å². The van der Waals surface area contributed by atoms with Gasteiger partial charge in [-0.25, -0.2) is 0 Å². The van der Waals surface area contributed by atoms with E-state index in [-0.39, 0.29) is 29.7 Å². The lowest BCUT2D eigenvalue weighted by molar-refractivity contribution is -0.137. The maximum atomic E-state index is 12.6. The van der Waals surface area contributed by atoms with Crippen molar-refractivity contribution in [3.8, 4) is 0 Å². The summed E-state index contributed by atoms with van der Waals surface area (Å²) in [6.45, 7) is 1.44. The highest BCUT2D eigenvalue weighted by molar-refractivity contribution is 5.94. The maximum Gasteiger partial charge on any atom is 0.416 e. The fraction of sp³-hybridized carbons (Fsp3) is 0.588. The van der Waals surface area contributed by atoms with Crippen molar-refractivity contribution in [2.45, 2.75) is 50.0 Å². The number of carbonyl (C=O) groups excluding carboxylic acids is 1. The Morgan fingerprint density at radius 2 is 1.88 bits per heavy atom. The second-order valence-electron chi connectivity index (χ2n) is 6.59. The Balaban J connectivity index is 1.63. The number of hydrogen-bond donors (Lipinski definition) is 2. The lowest BCUT2D eigenvalue weighted by Crippen LogP contribution is -2.48. The van der Waals surface area contributed by atoms with E-state index in [0.29, 0.717) is 6.54 Å². The largest absolute Gasteiger partial charge is 0.416 e. The minimum Gasteiger partial charge on any atom is -0.392 e. The maximum absolute atomic E-state index is 12.6. The number of hydrogen-bond acceptors (Lipinski definition) is 3. The monoisotopic (exact) mass is 342 g/mol. The standard InChI is InChI=1S/C17H21F3N2O2/c18-17(19,20)12-6-4-11(5-7-12)16(24)21-14-2-1-3-15(14)22-9-8-13(23)10-22/h4-7,13-15,23H,1-3,8-10H2,(H,21,24)/t13?,14-,15+/m1/s1. The van der Waals surface area contributed by atoms with Gasteiger partial charge in [-0.15, -0.1) is 0 Å². The van der Waals surface area contributed by atoms with E-state index in [1.165, 1.54) is 12.1 Å². The molecule has 1 aromatic rings. The number of alkyl halides is 3. The topological polar surface area (TPSA) is 52.6 Å². The van der Waals surface area contributed by atoms with Gasteiger partial charge in [0.15, 0.2) is 0 Å². The van der Waals surface area contributed by atoms with Crippen molar-refractivity contribution in [3.63, 3.8) is 0 Å². The van der Waals surface area contributed by atoms with Crippen LogP contribution in [0.2, 0.25) is 0 Å². The van der Waals surface area contributed by atoms with Crippen molar-refractivity contribution in [2.75, 3.05) is 13.1 Å². The summed E-state index contributed by atoms with van der Waals surface area (Å²) in [6.07, 6.45) is -1.15. The molecule has 1 saturated carbocycles. The fourth-order valence-corrected chi connectivity index (χ4v) is 3.68. The van der Waals surface area contributed by atoms with Crippen LogP contribution in [0.4, 0.5) is 13.2 Å². The van der Waals surface area contributed by atoms with Gasteiger partial charge in [-0.05, 0) is 49.9 Å². The molecule has 0 spiro atoms. The third-order valence-electron chi connectivity index (χ3n) is 4.93. The number of β-amino-alcohol motifs (C(OH)–C–C–N with tert-alkyl or cyclic N) is 1. The minimum absolute atomic E-state index is 0.0231. The predicted molar refractivity (Wildman–Crippen MR) is 82.5 cm³/mol. The first-order chi connectivity index (χ1) is 11.3. The average Bonchev–Trinajstić information content (AvgIpc) is 3.15. The first-order valence-corrected chi connectivity index (χ1v) is 8.25. The molecule has 1 aromatic carbocycles. The molecular formula is C17H21F3N2O2. The number of nitrogens with zero attached hydrogens (tertiary/aromatic N) is 1. The molecule has 1 aliphatic heterocycles. The van der Waals surface area contributed by atoms with Gasteiger partial charge in [-0.1, -0.05) is 0 Å². The average molecular weight is 342 g/mol. The lowest BCUT2D eigenvalue weighted by Gasteiger charge is -2.29. The molecule has 1 saturated heterocycles. The van der Waals surface area contributed by atoms with Gasteiger partial charge in [-0.3, -0.25) is 9.69 Å². The number of rotatable bonds is 3. The predicted octanol–water partition coefficient (Wildman–Crippen LogP) is 2.42. The van der Waals surface area contributed by atoms with Crippen LogP contribution < -0.4 is 5.32 Å². The van der Waals surface area contributed by atoms with E-state index in [2.05, 4.69) is 10.2 Å². The van der Waals surface area contributed by atoms with E-state index >= 15 is 0 Å². The lowest BCUT2D eigenvalue weighted by atomic mass is 10.1. The van der Waals surface area contributed by atoms with Crippen molar-refractivity contribution in [1.29, 1.82) is 0 Å². The van der Waals surface area contributed by atoms with Crippen molar-refractivity contribution >= 4 is 5.91 Å². The Kier molecular flexibility index (Phi) is 4.83. The molecule has 1 heterocycles. The molecule has 2 fully saturated rings. The van der Waals surface area contributed by atoms with Crippen LogP contribution in [0, 0.1) is 0 Å². The van der Waals surface area contributed by atoms with Crippen molar-refractivity contribution in [1.82, 2.24) is 10.2 Å². The summed E-state index contributed by atoms with van der Waals surface area (Å²) in [7, 11) is 0. The Hall–Kier alpha value is -1.60. The molecule has 132 valence electrons. The van der Waals surface area contributed by atoms with E-state index < -0.39 is 11.7 Å². The quantitative estimate of drug-likeness (QED) is 0.887. The van der Waals surface area contributed by atoms with Crippen molar-refractivity contribution in [3.05, 3.63) is 35.4 Å². The van der Waals surface area contributed by atoms with Crippen LogP contribution in [0.3, 0.4) is 0 Å². The molecular weight excluding hydrogens is 321 g/mol. The number of amides is 1. The molecule has 1 amide bonds. The highest BCUT2D eigenvalue weighted by atomic mass is 19.4. The van der Waals surface area contributed by atoms with E-state index in [9.17, 15) is 23.1 Å². The Bertz CT molecular complexity index is 588. The van der Waals surface area contributed by atoms with Crippen LogP contribution in [0.1, 0.15) is 41.6 Å². The Labute approximate surface area is 138 Å². The summed E-state index contributed by atoms with van der Waals surface area (Å²) >= 11 is 0. The first-order valence-electron chi connectivity index (χ1n) is 8.25. The molecule has 0 bridgehead atoms. The molecule has 2 aliphatic rings. The SMILES string of the molecule is O=C(N[C@@H]1CCC[C@@H]1N1CCC(O)C1)c1ccc(C(F)(F)F)cc1. The molecule has 4 nitrogen and oxygen atoms in total. The summed E-state index contributed by atoms with van der Waals surface area (Å²) in [5.74, 6) is -0.347. The molecule has 7 heteroatoms. The second kappa shape index (κ2) is 6.72. The molecule has 1 aliphatic carbocycles. The number of likely N-dealkylation sites (tertiary alicyclic amines) is 1. The van der Waals surface area contributed by atoms with Gasteiger partial charge in [0.1, 0.15) is 0 Å². The van der Waals surface area contributed by atoms with Crippen LogP contribution in [0.25, 0.3) is 0 Å². The van der Waals surface area contributed by atoms with E-state index in [4.69, 9.17) is 0 Å². The van der Waals surface area contributed by atoms with Crippen LogP contribution in [-0.4, -0.2) is 47.2 Å². The first kappa shape index (κ1) is 17.2. The normalized spacial score (nSPS) is 28.2. The number of halogens is 3. The summed E-state index contributed by atoms with van der Waals surface area (Å²) in [4.78, 5) is 14.5. The van der Waals surface area contributed by atoms with Crippen LogP contribution in [-0.2, 0) is 6.18 Å². The van der Waals surface area contributed by atoms with Crippen LogP contribution in [0.5, 0.6) is 0 Å². The van der Waals surface area contributed by atoms with Gasteiger partial charge in [0.2, 0.25) is 0 Å². The summed E-state index contributed by atoms with van der Waals surface area (Å²) in [6, 6.07) is 4.45. The zero-order valence-electron chi connectivity index (χ0n) is 13.2. The highest BCUT2D eigenvalue weighted by Crippen LogP contribution is 2.30. The van der Waals surface area contributed by atoms with Crippen LogP contribution >= 0.6 is 0 Å². The third kappa shape index (κ3) is 3.72. The van der Waals surface area contributed by atoms with Gasteiger partial charge in [0.25, 0.3) is 5.91 Å². The fourth-order valence-electron chi connectivity index (χ4n) is 3.68. The minimum atomic E-state index is -4.40. The van der Waals surface area contributed by atoms with Crippen LogP contribution in [0.15, 0.2) is 24.3 Å². The molecule has 1 unspecified atom stereocenters. The number of aliphatic hydroxyl groups excluding tert-OH is 1. The van der Waals surface area contributed by atoms with E-state index in [1.807, 2.05) is 0 Å². The second-order valence-corrected chi connectivity index (χ2v) is 6.59. The zero-order chi connectivity index (χ0) is 17.3. The highest BCUT2D eigenvalue weighted by Gasteiger charge is 2.36. The van der Waals surface area contributed by atoms with Crippen molar-refractivity contribution in [2.24, 2.45) is 0 Å². The summed E-state index contributed by atoms with van der Waals surface area (Å²) < 4.78 is 37.7. The van der Waals surface area contributed by atoms with Gasteiger partial charge in [0.05, 0.1) is 11.7 Å². The molecule has 3 rings (SSSR count). The molecule has 0 radical (unpaired) electrons. The number of nitrogens with one attached hydrogen (secondary N) is 1. The molecule has 0 aromatic heterocycles. The molecule has 2 N–H and O–H groups in total. The van der Waals surface area contributed by atoms with Gasteiger partial charge in [-0.2, -0.15) is 13.2 Å². The summed E-state index contributed by atoms with van der Waals surface area (Å²) in [5.41, 5.74) is -0.529. The zero-order valence-corrected chi connectivity index (χ0v) is 13.2. The Morgan fingerprint density at radius 3 is 2.46 bits per heavy atom.